The first-order valence-corrected chi connectivity index (χ1v) is 6.10. The molecule has 1 amide bonds. The third kappa shape index (κ3) is 3.52. The number of aliphatic carboxylic acids is 1. The van der Waals surface area contributed by atoms with Gasteiger partial charge in [-0.05, 0) is 6.42 Å². The zero-order valence-electron chi connectivity index (χ0n) is 9.58. The van der Waals surface area contributed by atoms with Gasteiger partial charge in [0.25, 0.3) is 5.91 Å². The van der Waals surface area contributed by atoms with Gasteiger partial charge in [0.05, 0.1) is 10.5 Å². The quantitative estimate of drug-likeness (QED) is 0.604. The summed E-state index contributed by atoms with van der Waals surface area (Å²) in [4.78, 5) is 32.4. The normalized spacial score (nSPS) is 11.8. The SMILES string of the molecule is CCC[C@H](NC(=O)c1csc([N+](=O)[O-])c1)C(=O)O. The first-order valence-electron chi connectivity index (χ1n) is 5.22. The predicted molar refractivity (Wildman–Crippen MR) is 64.8 cm³/mol. The van der Waals surface area contributed by atoms with Gasteiger partial charge in [-0.15, -0.1) is 0 Å². The summed E-state index contributed by atoms with van der Waals surface area (Å²) in [5.41, 5.74) is 0.106. The number of nitrogens with one attached hydrogen (secondary N) is 1. The lowest BCUT2D eigenvalue weighted by Gasteiger charge is -2.12. The van der Waals surface area contributed by atoms with Gasteiger partial charge in [0, 0.05) is 11.4 Å². The van der Waals surface area contributed by atoms with Crippen molar-refractivity contribution in [2.45, 2.75) is 25.8 Å². The number of hydrogen-bond acceptors (Lipinski definition) is 5. The Labute approximate surface area is 107 Å². The van der Waals surface area contributed by atoms with Crippen LogP contribution < -0.4 is 5.32 Å². The van der Waals surface area contributed by atoms with Gasteiger partial charge in [-0.25, -0.2) is 4.79 Å². The molecule has 1 atom stereocenters. The molecule has 0 aliphatic rings. The molecule has 1 heterocycles. The second-order valence-corrected chi connectivity index (χ2v) is 4.47. The summed E-state index contributed by atoms with van der Waals surface area (Å²) in [6.45, 7) is 1.80. The molecule has 1 rings (SSSR count). The van der Waals surface area contributed by atoms with Gasteiger partial charge in [0.15, 0.2) is 0 Å². The van der Waals surface area contributed by atoms with Crippen molar-refractivity contribution >= 4 is 28.2 Å². The number of rotatable bonds is 6. The fourth-order valence-corrected chi connectivity index (χ4v) is 2.03. The third-order valence-corrected chi connectivity index (χ3v) is 3.09. The molecule has 0 spiro atoms. The van der Waals surface area contributed by atoms with Crippen LogP contribution in [0, 0.1) is 10.1 Å². The molecule has 0 fully saturated rings. The van der Waals surface area contributed by atoms with E-state index in [-0.39, 0.29) is 10.6 Å². The molecule has 0 aromatic carbocycles. The van der Waals surface area contributed by atoms with Crippen LogP contribution in [0.15, 0.2) is 11.4 Å². The molecule has 7 nitrogen and oxygen atoms in total. The maximum atomic E-state index is 11.7. The van der Waals surface area contributed by atoms with Gasteiger partial charge in [-0.3, -0.25) is 14.9 Å². The monoisotopic (exact) mass is 272 g/mol. The summed E-state index contributed by atoms with van der Waals surface area (Å²) in [7, 11) is 0. The fraction of sp³-hybridized carbons (Fsp3) is 0.400. The highest BCUT2D eigenvalue weighted by Gasteiger charge is 2.21. The van der Waals surface area contributed by atoms with Crippen LogP contribution in [-0.2, 0) is 4.79 Å². The molecule has 2 N–H and O–H groups in total. The van der Waals surface area contributed by atoms with Gasteiger partial charge in [0.1, 0.15) is 6.04 Å². The highest BCUT2D eigenvalue weighted by atomic mass is 32.1. The molecule has 0 bridgehead atoms. The molecule has 0 unspecified atom stereocenters. The first kappa shape index (κ1) is 14.1. The van der Waals surface area contributed by atoms with Crippen molar-refractivity contribution in [2.75, 3.05) is 0 Å². The lowest BCUT2D eigenvalue weighted by Crippen LogP contribution is -2.40. The fourth-order valence-electron chi connectivity index (χ4n) is 1.33. The molecule has 0 radical (unpaired) electrons. The van der Waals surface area contributed by atoms with Crippen molar-refractivity contribution in [3.63, 3.8) is 0 Å². The summed E-state index contributed by atoms with van der Waals surface area (Å²) in [6.07, 6.45) is 0.925. The number of carbonyl (C=O) groups is 2. The summed E-state index contributed by atoms with van der Waals surface area (Å²) in [5.74, 6) is -1.73. The highest BCUT2D eigenvalue weighted by molar-refractivity contribution is 7.13. The first-order chi connectivity index (χ1) is 8.45. The van der Waals surface area contributed by atoms with E-state index in [1.165, 1.54) is 5.38 Å². The summed E-state index contributed by atoms with van der Waals surface area (Å²) < 4.78 is 0. The maximum absolute atomic E-state index is 11.7. The van der Waals surface area contributed by atoms with Crippen LogP contribution in [0.5, 0.6) is 0 Å². The van der Waals surface area contributed by atoms with Gasteiger partial charge >= 0.3 is 11.0 Å². The van der Waals surface area contributed by atoms with E-state index >= 15 is 0 Å². The Bertz CT molecular complexity index is 471. The van der Waals surface area contributed by atoms with Crippen molar-refractivity contribution in [1.82, 2.24) is 5.32 Å². The topological polar surface area (TPSA) is 110 Å². The average molecular weight is 272 g/mol. The van der Waals surface area contributed by atoms with E-state index in [2.05, 4.69) is 5.32 Å². The van der Waals surface area contributed by atoms with Gasteiger partial charge < -0.3 is 10.4 Å². The van der Waals surface area contributed by atoms with Crippen LogP contribution in [0.25, 0.3) is 0 Å². The Morgan fingerprint density at radius 3 is 2.72 bits per heavy atom. The lowest BCUT2D eigenvalue weighted by atomic mass is 10.1. The standard InChI is InChI=1S/C10H12N2O5S/c1-2-3-7(10(14)15)11-9(13)6-4-8(12(16)17)18-5-6/h4-5,7H,2-3H2,1H3,(H,11,13)(H,14,15)/t7-/m0/s1. The van der Waals surface area contributed by atoms with Crippen molar-refractivity contribution in [3.05, 3.63) is 27.1 Å². The van der Waals surface area contributed by atoms with Gasteiger partial charge in [-0.1, -0.05) is 24.7 Å². The third-order valence-electron chi connectivity index (χ3n) is 2.21. The molecule has 0 saturated carbocycles. The smallest absolute Gasteiger partial charge is 0.326 e. The minimum absolute atomic E-state index is 0.106. The van der Waals surface area contributed by atoms with Gasteiger partial charge in [-0.2, -0.15) is 0 Å². The van der Waals surface area contributed by atoms with Crippen LogP contribution in [0.3, 0.4) is 0 Å². The number of nitro groups is 1. The van der Waals surface area contributed by atoms with E-state index in [4.69, 9.17) is 5.11 Å². The number of carboxylic acids is 1. The van der Waals surface area contributed by atoms with E-state index in [1.807, 2.05) is 0 Å². The van der Waals surface area contributed by atoms with E-state index in [1.54, 1.807) is 6.92 Å². The molecule has 1 aromatic heterocycles. The minimum atomic E-state index is -1.12. The highest BCUT2D eigenvalue weighted by Crippen LogP contribution is 2.22. The largest absolute Gasteiger partial charge is 0.480 e. The van der Waals surface area contributed by atoms with Gasteiger partial charge in [0.2, 0.25) is 0 Å². The summed E-state index contributed by atoms with van der Waals surface area (Å²) >= 11 is 0.827. The molecule has 1 aromatic rings. The molecule has 0 aliphatic heterocycles. The van der Waals surface area contributed by atoms with Crippen molar-refractivity contribution in [2.24, 2.45) is 0 Å². The number of hydrogen-bond donors (Lipinski definition) is 2. The Kier molecular flexibility index (Phi) is 4.78. The van der Waals surface area contributed by atoms with E-state index in [0.717, 1.165) is 17.4 Å². The predicted octanol–water partition coefficient (Wildman–Crippen LogP) is 1.64. The number of thiophene rings is 1. The Balaban J connectivity index is 2.74. The summed E-state index contributed by atoms with van der Waals surface area (Å²) in [5, 5.41) is 22.8. The second kappa shape index (κ2) is 6.10. The number of nitrogens with zero attached hydrogens (tertiary/aromatic N) is 1. The van der Waals surface area contributed by atoms with Crippen molar-refractivity contribution < 1.29 is 19.6 Å². The molecule has 8 heteroatoms. The molecule has 18 heavy (non-hydrogen) atoms. The maximum Gasteiger partial charge on any atom is 0.326 e. The molecule has 98 valence electrons. The summed E-state index contributed by atoms with van der Waals surface area (Å²) in [6, 6.07) is 0.159. The molecule has 0 saturated heterocycles. The minimum Gasteiger partial charge on any atom is -0.480 e. The van der Waals surface area contributed by atoms with Crippen molar-refractivity contribution in [1.29, 1.82) is 0 Å². The van der Waals surface area contributed by atoms with Crippen LogP contribution in [-0.4, -0.2) is 27.9 Å². The van der Waals surface area contributed by atoms with Crippen LogP contribution in [0.2, 0.25) is 0 Å². The molecular weight excluding hydrogens is 260 g/mol. The second-order valence-electron chi connectivity index (χ2n) is 3.58. The Morgan fingerprint density at radius 1 is 1.61 bits per heavy atom. The Hall–Kier alpha value is -1.96. The van der Waals surface area contributed by atoms with Crippen molar-refractivity contribution in [3.8, 4) is 0 Å². The van der Waals surface area contributed by atoms with E-state index < -0.39 is 22.8 Å². The van der Waals surface area contributed by atoms with Crippen LogP contribution in [0.1, 0.15) is 30.1 Å². The van der Waals surface area contributed by atoms with E-state index in [0.29, 0.717) is 12.8 Å². The molecule has 0 aliphatic carbocycles. The number of amides is 1. The van der Waals surface area contributed by atoms with Crippen LogP contribution in [0.4, 0.5) is 5.00 Å². The molecular formula is C10H12N2O5S. The Morgan fingerprint density at radius 2 is 2.28 bits per heavy atom. The lowest BCUT2D eigenvalue weighted by molar-refractivity contribution is -0.380. The van der Waals surface area contributed by atoms with E-state index in [9.17, 15) is 19.7 Å². The van der Waals surface area contributed by atoms with Crippen LogP contribution >= 0.6 is 11.3 Å². The zero-order chi connectivity index (χ0) is 13.7. The zero-order valence-corrected chi connectivity index (χ0v) is 10.4. The number of carbonyl (C=O) groups excluding carboxylic acids is 1. The number of carboxylic acid groups (broad SMARTS) is 1. The average Bonchev–Trinajstić information content (AvgIpc) is 2.77.